The van der Waals surface area contributed by atoms with Crippen LogP contribution < -0.4 is 10.1 Å². The van der Waals surface area contributed by atoms with Gasteiger partial charge in [-0.3, -0.25) is 4.79 Å². The maximum atomic E-state index is 12.8. The van der Waals surface area contributed by atoms with Crippen LogP contribution in [0.3, 0.4) is 0 Å². The third-order valence-corrected chi connectivity index (χ3v) is 5.80. The minimum absolute atomic E-state index is 0.243. The van der Waals surface area contributed by atoms with Gasteiger partial charge in [0.15, 0.2) is 0 Å². The van der Waals surface area contributed by atoms with Crippen LogP contribution >= 0.6 is 23.4 Å². The zero-order valence-corrected chi connectivity index (χ0v) is 17.9. The van der Waals surface area contributed by atoms with Crippen molar-refractivity contribution in [3.05, 3.63) is 77.3 Å². The van der Waals surface area contributed by atoms with E-state index in [0.29, 0.717) is 22.9 Å². The summed E-state index contributed by atoms with van der Waals surface area (Å²) in [6.07, 6.45) is 1.71. The third-order valence-electron chi connectivity index (χ3n) is 4.18. The second-order valence-electron chi connectivity index (χ2n) is 6.38. The lowest BCUT2D eigenvalue weighted by atomic mass is 10.1. The minimum atomic E-state index is -0.243. The first-order valence-electron chi connectivity index (χ1n) is 9.03. The molecule has 0 saturated heterocycles. The number of carbonyl (C=O) groups excluding carboxylic acids is 1. The molecule has 8 heteroatoms. The molecule has 0 atom stereocenters. The zero-order chi connectivity index (χ0) is 20.9. The van der Waals surface area contributed by atoms with Crippen LogP contribution in [0.1, 0.15) is 15.9 Å². The van der Waals surface area contributed by atoms with Crippen LogP contribution in [0.5, 0.6) is 11.5 Å². The summed E-state index contributed by atoms with van der Waals surface area (Å²) in [5, 5.41) is 5.75. The van der Waals surface area contributed by atoms with Crippen molar-refractivity contribution in [1.82, 2.24) is 4.98 Å². The number of benzene rings is 2. The molecule has 0 aliphatic heterocycles. The van der Waals surface area contributed by atoms with Gasteiger partial charge in [0.2, 0.25) is 0 Å². The van der Waals surface area contributed by atoms with Crippen LogP contribution in [0.4, 0.5) is 5.82 Å². The highest BCUT2D eigenvalue weighted by molar-refractivity contribution is 7.94. The van der Waals surface area contributed by atoms with Gasteiger partial charge in [-0.15, -0.1) is 11.3 Å². The van der Waals surface area contributed by atoms with E-state index in [1.165, 1.54) is 7.11 Å². The number of fused-ring (bicyclic) bond motifs is 1. The normalized spacial score (nSPS) is 10.9. The summed E-state index contributed by atoms with van der Waals surface area (Å²) < 4.78 is 11.9. The molecule has 2 heterocycles. The number of nitrogens with one attached hydrogen (secondary N) is 1. The fraction of sp³-hybridized carbons (Fsp3) is 0.0909. The van der Waals surface area contributed by atoms with Crippen LogP contribution in [-0.2, 0) is 9.22 Å². The maximum Gasteiger partial charge on any atom is 0.256 e. The molecule has 152 valence electrons. The Morgan fingerprint density at radius 1 is 1.10 bits per heavy atom. The van der Waals surface area contributed by atoms with Crippen molar-refractivity contribution < 1.29 is 18.8 Å². The highest BCUT2D eigenvalue weighted by Gasteiger charge is 2.14. The lowest BCUT2D eigenvalue weighted by Gasteiger charge is -2.10. The summed E-state index contributed by atoms with van der Waals surface area (Å²) in [6, 6.07) is 16.7. The van der Waals surface area contributed by atoms with Gasteiger partial charge in [-0.05, 0) is 71.8 Å². The molecule has 2 aromatic carbocycles. The number of aromatic nitrogens is 1. The number of rotatable bonds is 7. The van der Waals surface area contributed by atoms with Gasteiger partial charge in [-0.25, -0.2) is 9.87 Å². The lowest BCUT2D eigenvalue weighted by molar-refractivity contribution is -0.160. The Morgan fingerprint density at radius 3 is 2.67 bits per heavy atom. The predicted octanol–water partition coefficient (Wildman–Crippen LogP) is 6.23. The first-order valence-corrected chi connectivity index (χ1v) is 10.6. The maximum absolute atomic E-state index is 12.8. The summed E-state index contributed by atoms with van der Waals surface area (Å²) in [4.78, 5) is 22.5. The van der Waals surface area contributed by atoms with Gasteiger partial charge in [0, 0.05) is 16.7 Å². The van der Waals surface area contributed by atoms with Crippen molar-refractivity contribution in [3.8, 4) is 11.5 Å². The molecule has 0 bridgehead atoms. The Bertz CT molecular complexity index is 1160. The first kappa shape index (κ1) is 20.4. The van der Waals surface area contributed by atoms with E-state index in [-0.39, 0.29) is 5.91 Å². The third kappa shape index (κ3) is 4.80. The zero-order valence-electron chi connectivity index (χ0n) is 16.2. The van der Waals surface area contributed by atoms with E-state index in [4.69, 9.17) is 9.07 Å². The highest BCUT2D eigenvalue weighted by atomic mass is 32.2. The topological polar surface area (TPSA) is 69.7 Å². The van der Waals surface area contributed by atoms with E-state index >= 15 is 0 Å². The van der Waals surface area contributed by atoms with E-state index in [9.17, 15) is 4.79 Å². The number of hydrogen-bond donors (Lipinski definition) is 1. The Hall–Kier alpha value is -2.91. The summed E-state index contributed by atoms with van der Waals surface area (Å²) in [5.74, 6) is 1.54. The molecule has 1 N–H and O–H groups in total. The Kier molecular flexibility index (Phi) is 6.29. The highest BCUT2D eigenvalue weighted by Crippen LogP contribution is 2.36. The number of pyridine rings is 1. The van der Waals surface area contributed by atoms with Crippen LogP contribution in [0.2, 0.25) is 0 Å². The van der Waals surface area contributed by atoms with Crippen molar-refractivity contribution in [3.63, 3.8) is 0 Å². The average Bonchev–Trinajstić information content (AvgIpc) is 3.24. The molecule has 0 radical (unpaired) electrons. The molecule has 2 aromatic heterocycles. The Balaban J connectivity index is 1.58. The molecule has 0 aliphatic carbocycles. The quantitative estimate of drug-likeness (QED) is 0.209. The fourth-order valence-corrected chi connectivity index (χ4v) is 3.97. The first-order chi connectivity index (χ1) is 14.6. The number of anilines is 1. The molecule has 30 heavy (non-hydrogen) atoms. The van der Waals surface area contributed by atoms with Crippen molar-refractivity contribution in [2.45, 2.75) is 11.8 Å². The number of amides is 1. The fourth-order valence-electron chi connectivity index (χ4n) is 2.75. The van der Waals surface area contributed by atoms with E-state index in [0.717, 1.165) is 32.6 Å². The number of nitrogens with zero attached hydrogens (tertiary/aromatic N) is 1. The molecule has 0 fully saturated rings. The molecule has 1 amide bonds. The van der Waals surface area contributed by atoms with Gasteiger partial charge >= 0.3 is 0 Å². The van der Waals surface area contributed by atoms with Crippen LogP contribution in [0.25, 0.3) is 10.1 Å². The smallest absolute Gasteiger partial charge is 0.256 e. The second-order valence-corrected chi connectivity index (χ2v) is 8.07. The minimum Gasteiger partial charge on any atom is -0.456 e. The van der Waals surface area contributed by atoms with Gasteiger partial charge in [0.1, 0.15) is 17.3 Å². The molecule has 0 aliphatic rings. The van der Waals surface area contributed by atoms with Crippen molar-refractivity contribution in [2.75, 3.05) is 12.4 Å². The van der Waals surface area contributed by atoms with Crippen LogP contribution in [0.15, 0.2) is 71.1 Å². The standard InChI is InChI=1S/C22H18N2O4S2/c1-14-3-8-20(23-13-14)24-22(25)16-11-15-9-10-29-21(15)19(12-16)27-17-4-6-18(7-5-17)30-28-26-2/h3-13H,1-2H3,(H,23,24,25). The number of hydrogen-bond acceptors (Lipinski definition) is 7. The van der Waals surface area contributed by atoms with Crippen LogP contribution in [-0.4, -0.2) is 18.0 Å². The largest absolute Gasteiger partial charge is 0.456 e. The van der Waals surface area contributed by atoms with Crippen molar-refractivity contribution >= 4 is 45.2 Å². The monoisotopic (exact) mass is 438 g/mol. The van der Waals surface area contributed by atoms with Crippen molar-refractivity contribution in [2.24, 2.45) is 0 Å². The molecule has 4 aromatic rings. The van der Waals surface area contributed by atoms with Gasteiger partial charge in [-0.1, -0.05) is 6.07 Å². The SMILES string of the molecule is COOSc1ccc(Oc2cc(C(=O)Nc3ccc(C)cn3)cc3ccsc23)cc1. The van der Waals surface area contributed by atoms with E-state index in [1.807, 2.05) is 54.8 Å². The van der Waals surface area contributed by atoms with Crippen LogP contribution in [0, 0.1) is 6.92 Å². The Labute approximate surface area is 181 Å². The lowest BCUT2D eigenvalue weighted by Crippen LogP contribution is -2.13. The van der Waals surface area contributed by atoms with Gasteiger partial charge in [0.25, 0.3) is 5.91 Å². The number of aryl methyl sites for hydroxylation is 1. The second kappa shape index (κ2) is 9.27. The Morgan fingerprint density at radius 2 is 1.93 bits per heavy atom. The summed E-state index contributed by atoms with van der Waals surface area (Å²) in [7, 11) is 1.45. The predicted molar refractivity (Wildman–Crippen MR) is 119 cm³/mol. The molecule has 6 nitrogen and oxygen atoms in total. The number of carbonyl (C=O) groups is 1. The van der Waals surface area contributed by atoms with Gasteiger partial charge < -0.3 is 10.1 Å². The number of thiophene rings is 1. The molecule has 0 spiro atoms. The van der Waals surface area contributed by atoms with E-state index in [1.54, 1.807) is 29.7 Å². The number of ether oxygens (including phenoxy) is 1. The van der Waals surface area contributed by atoms with E-state index in [2.05, 4.69) is 15.2 Å². The molecular formula is C22H18N2O4S2. The summed E-state index contributed by atoms with van der Waals surface area (Å²) in [5.41, 5.74) is 1.53. The van der Waals surface area contributed by atoms with Crippen molar-refractivity contribution in [1.29, 1.82) is 0 Å². The van der Waals surface area contributed by atoms with Gasteiger partial charge in [-0.2, -0.15) is 4.33 Å². The molecule has 0 saturated carbocycles. The molecule has 4 rings (SSSR count). The molecule has 0 unspecified atom stereocenters. The summed E-state index contributed by atoms with van der Waals surface area (Å²) in [6.45, 7) is 1.95. The summed E-state index contributed by atoms with van der Waals surface area (Å²) >= 11 is 2.68. The van der Waals surface area contributed by atoms with Gasteiger partial charge in [0.05, 0.1) is 23.9 Å². The average molecular weight is 439 g/mol. The van der Waals surface area contributed by atoms with E-state index < -0.39 is 0 Å². The molecular weight excluding hydrogens is 420 g/mol.